The van der Waals surface area contributed by atoms with Crippen molar-refractivity contribution in [2.24, 2.45) is 0 Å². The van der Waals surface area contributed by atoms with Gasteiger partial charge >= 0.3 is 0 Å². The van der Waals surface area contributed by atoms with Crippen LogP contribution in [0.1, 0.15) is 13.8 Å². The molecule has 0 aliphatic carbocycles. The van der Waals surface area contributed by atoms with E-state index >= 15 is 0 Å². The van der Waals surface area contributed by atoms with E-state index in [9.17, 15) is 0 Å². The van der Waals surface area contributed by atoms with Gasteiger partial charge in [-0.15, -0.1) is 26.3 Å². The van der Waals surface area contributed by atoms with Crippen molar-refractivity contribution >= 4 is 0 Å². The van der Waals surface area contributed by atoms with Crippen molar-refractivity contribution in [3.63, 3.8) is 0 Å². The van der Waals surface area contributed by atoms with E-state index < -0.39 is 0 Å². The first-order chi connectivity index (χ1) is 6.83. The topological polar surface area (TPSA) is 0 Å². The molecule has 0 aliphatic rings. The molecule has 0 fully saturated rings. The molecule has 0 aromatic heterocycles. The summed E-state index contributed by atoms with van der Waals surface area (Å²) in [5.74, 6) is 0. The van der Waals surface area contributed by atoms with E-state index in [1.165, 1.54) is 0 Å². The minimum Gasteiger partial charge on any atom is -0.106 e. The standard InChI is InChI=1S/C6H6.2C3H6.C2H4/c1-2-4-6-5-3-1;2*1-3-2;1-2/h1-6H;2*3H,1H2,2H3;1-2H2. The fourth-order valence-corrected chi connectivity index (χ4v) is 0.385. The summed E-state index contributed by atoms with van der Waals surface area (Å²) in [5, 5.41) is 0. The van der Waals surface area contributed by atoms with Crippen LogP contribution in [-0.4, -0.2) is 0 Å². The Labute approximate surface area is 89.3 Å². The van der Waals surface area contributed by atoms with Gasteiger partial charge in [0.2, 0.25) is 0 Å². The van der Waals surface area contributed by atoms with Crippen molar-refractivity contribution in [3.05, 3.63) is 74.9 Å². The van der Waals surface area contributed by atoms with Crippen molar-refractivity contribution in [2.45, 2.75) is 13.8 Å². The first-order valence-corrected chi connectivity index (χ1v) is 4.47. The Morgan fingerprint density at radius 3 is 0.786 bits per heavy atom. The summed E-state index contributed by atoms with van der Waals surface area (Å²) in [4.78, 5) is 0. The Bertz CT molecular complexity index is 142. The molecule has 0 atom stereocenters. The summed E-state index contributed by atoms with van der Waals surface area (Å²) in [6.07, 6.45) is 3.50. The highest BCUT2D eigenvalue weighted by molar-refractivity contribution is 4.99. The second-order valence-electron chi connectivity index (χ2n) is 1.97. The van der Waals surface area contributed by atoms with Crippen LogP contribution in [-0.2, 0) is 0 Å². The van der Waals surface area contributed by atoms with E-state index in [1.807, 2.05) is 50.2 Å². The molecule has 0 spiro atoms. The molecule has 0 radical (unpaired) electrons. The second-order valence-corrected chi connectivity index (χ2v) is 1.97. The van der Waals surface area contributed by atoms with Crippen LogP contribution in [0.25, 0.3) is 0 Å². The van der Waals surface area contributed by atoms with Crippen molar-refractivity contribution in [1.82, 2.24) is 0 Å². The van der Waals surface area contributed by atoms with Gasteiger partial charge in [-0.25, -0.2) is 0 Å². The molecule has 1 aromatic rings. The number of hydrogen-bond donors (Lipinski definition) is 0. The van der Waals surface area contributed by atoms with Crippen molar-refractivity contribution in [2.75, 3.05) is 0 Å². The lowest BCUT2D eigenvalue weighted by Crippen LogP contribution is -1.47. The van der Waals surface area contributed by atoms with Gasteiger partial charge in [-0.1, -0.05) is 48.6 Å². The van der Waals surface area contributed by atoms with Crippen LogP contribution in [0.2, 0.25) is 0 Å². The van der Waals surface area contributed by atoms with E-state index in [-0.39, 0.29) is 0 Å². The van der Waals surface area contributed by atoms with E-state index in [4.69, 9.17) is 0 Å². The molecule has 1 rings (SSSR count). The summed E-state index contributed by atoms with van der Waals surface area (Å²) in [7, 11) is 0. The summed E-state index contributed by atoms with van der Waals surface area (Å²) in [5.41, 5.74) is 0. The zero-order chi connectivity index (χ0) is 11.7. The summed E-state index contributed by atoms with van der Waals surface area (Å²) in [6, 6.07) is 12.0. The fourth-order valence-electron chi connectivity index (χ4n) is 0.385. The van der Waals surface area contributed by atoms with Crippen LogP contribution in [0.15, 0.2) is 74.9 Å². The molecule has 0 nitrogen and oxygen atoms in total. The predicted octanol–water partition coefficient (Wildman–Crippen LogP) is 4.87. The van der Waals surface area contributed by atoms with Crippen molar-refractivity contribution in [3.8, 4) is 0 Å². The lowest BCUT2D eigenvalue weighted by molar-refractivity contribution is 1.72. The van der Waals surface area contributed by atoms with Crippen molar-refractivity contribution in [1.29, 1.82) is 0 Å². The summed E-state index contributed by atoms with van der Waals surface area (Å²) >= 11 is 0. The minimum absolute atomic E-state index is 1.75. The Kier molecular flexibility index (Phi) is 39.2. The van der Waals surface area contributed by atoms with Gasteiger partial charge in [0.1, 0.15) is 0 Å². The average molecular weight is 190 g/mol. The van der Waals surface area contributed by atoms with Gasteiger partial charge in [0.15, 0.2) is 0 Å². The third-order valence-corrected chi connectivity index (χ3v) is 0.667. The maximum Gasteiger partial charge on any atom is -0.0473 e. The number of benzene rings is 1. The van der Waals surface area contributed by atoms with Gasteiger partial charge in [0.25, 0.3) is 0 Å². The summed E-state index contributed by atoms with van der Waals surface area (Å²) in [6.45, 7) is 16.5. The number of hydrogen-bond acceptors (Lipinski definition) is 0. The first kappa shape index (κ1) is 18.3. The van der Waals surface area contributed by atoms with Crippen molar-refractivity contribution < 1.29 is 0 Å². The highest BCUT2D eigenvalue weighted by atomic mass is 13.6. The molecule has 0 heteroatoms. The van der Waals surface area contributed by atoms with Crippen LogP contribution in [0.5, 0.6) is 0 Å². The molecule has 0 amide bonds. The van der Waals surface area contributed by atoms with Gasteiger partial charge in [0, 0.05) is 0 Å². The average Bonchev–Trinajstić information content (AvgIpc) is 2.26. The molecular formula is C14H22. The summed E-state index contributed by atoms with van der Waals surface area (Å²) < 4.78 is 0. The lowest BCUT2D eigenvalue weighted by atomic mass is 10.4. The number of rotatable bonds is 0. The molecule has 0 heterocycles. The third kappa shape index (κ3) is 47.2. The fraction of sp³-hybridized carbons (Fsp3) is 0.143. The Morgan fingerprint density at radius 2 is 0.714 bits per heavy atom. The predicted molar refractivity (Wildman–Crippen MR) is 69.4 cm³/mol. The molecule has 0 bridgehead atoms. The highest BCUT2D eigenvalue weighted by Crippen LogP contribution is 1.79. The van der Waals surface area contributed by atoms with Crippen LogP contribution in [0, 0.1) is 0 Å². The zero-order valence-corrected chi connectivity index (χ0v) is 9.45. The van der Waals surface area contributed by atoms with Gasteiger partial charge in [-0.2, -0.15) is 0 Å². The van der Waals surface area contributed by atoms with Crippen LogP contribution in [0.4, 0.5) is 0 Å². The quantitative estimate of drug-likeness (QED) is 0.512. The Balaban J connectivity index is -0.000000132. The van der Waals surface area contributed by atoms with Gasteiger partial charge in [-0.05, 0) is 13.8 Å². The molecule has 78 valence electrons. The molecule has 0 unspecified atom stereocenters. The molecule has 1 aromatic carbocycles. The SMILES string of the molecule is C=C.C=CC.C=CC.c1ccccc1. The number of allylic oxidation sites excluding steroid dienone is 2. The van der Waals surface area contributed by atoms with Gasteiger partial charge in [0.05, 0.1) is 0 Å². The van der Waals surface area contributed by atoms with Crippen LogP contribution >= 0.6 is 0 Å². The molecular weight excluding hydrogens is 168 g/mol. The lowest BCUT2D eigenvalue weighted by Gasteiger charge is -1.69. The van der Waals surface area contributed by atoms with E-state index in [1.54, 1.807) is 12.2 Å². The van der Waals surface area contributed by atoms with E-state index in [0.29, 0.717) is 0 Å². The van der Waals surface area contributed by atoms with Gasteiger partial charge in [-0.3, -0.25) is 0 Å². The Hall–Kier alpha value is -1.56. The highest BCUT2D eigenvalue weighted by Gasteiger charge is 1.57. The Morgan fingerprint density at radius 1 is 0.643 bits per heavy atom. The van der Waals surface area contributed by atoms with E-state index in [2.05, 4.69) is 26.3 Å². The van der Waals surface area contributed by atoms with E-state index in [0.717, 1.165) is 0 Å². The maximum atomic E-state index is 3.36. The van der Waals surface area contributed by atoms with Crippen LogP contribution < -0.4 is 0 Å². The molecule has 0 aliphatic heterocycles. The minimum atomic E-state index is 1.75. The molecule has 0 saturated carbocycles. The monoisotopic (exact) mass is 190 g/mol. The van der Waals surface area contributed by atoms with Crippen LogP contribution in [0.3, 0.4) is 0 Å². The third-order valence-electron chi connectivity index (χ3n) is 0.667. The zero-order valence-electron chi connectivity index (χ0n) is 9.45. The largest absolute Gasteiger partial charge is 0.106 e. The normalized spacial score (nSPS) is 5.57. The molecule has 0 saturated heterocycles. The maximum absolute atomic E-state index is 3.36. The second kappa shape index (κ2) is 30.1. The smallest absolute Gasteiger partial charge is 0.0473 e. The molecule has 0 N–H and O–H groups in total. The van der Waals surface area contributed by atoms with Gasteiger partial charge < -0.3 is 0 Å². The first-order valence-electron chi connectivity index (χ1n) is 4.47. The molecule has 14 heavy (non-hydrogen) atoms.